The highest BCUT2D eigenvalue weighted by Crippen LogP contribution is 2.51. The standard InChI is InChI=1S/C18H32BN3O7.C13H24BN3O5.ClH/c1-12(21-15(26)29-16(2,3)4)13(23)22-10-17(6-5-8-19(27)28)7-9-20-18(17,11-22)14(24)25;1-9(15)10(18)17-7-12(3-2-5-14(21)22)4-6-16-13(12,8-17)11(19)20;/h12,20,27-28H,5-11H2,1-4H3,(H,21,26)(H,24,25);9,16,21-22H,2-8,15H2,1H3,(H,19,20);1H/t12-,17+,18+;9-,12+,13+;/m00./s1. The Labute approximate surface area is 311 Å². The Hall–Kier alpha value is -2.71. The summed E-state index contributed by atoms with van der Waals surface area (Å²) in [6.07, 6.45) is 2.73. The lowest BCUT2D eigenvalue weighted by atomic mass is 9.68. The van der Waals surface area contributed by atoms with Crippen molar-refractivity contribution < 1.29 is 59.0 Å². The summed E-state index contributed by atoms with van der Waals surface area (Å²) in [6, 6.07) is -1.54. The van der Waals surface area contributed by atoms with Crippen molar-refractivity contribution in [2.45, 2.75) is 115 Å². The molecule has 21 heteroatoms. The molecule has 4 fully saturated rings. The molecule has 0 aromatic carbocycles. The summed E-state index contributed by atoms with van der Waals surface area (Å²) in [5.41, 5.74) is 1.21. The highest BCUT2D eigenvalue weighted by atomic mass is 35.5. The molecular formula is C31H57B2ClN6O12. The van der Waals surface area contributed by atoms with Crippen LogP contribution >= 0.6 is 12.4 Å². The molecule has 6 atom stereocenters. The Bertz CT molecular complexity index is 1310. The molecule has 0 aliphatic carbocycles. The minimum Gasteiger partial charge on any atom is -0.480 e. The van der Waals surface area contributed by atoms with E-state index in [4.69, 9.17) is 30.6 Å². The zero-order chi connectivity index (χ0) is 38.6. The van der Waals surface area contributed by atoms with Gasteiger partial charge in [-0.3, -0.25) is 29.8 Å². The van der Waals surface area contributed by atoms with Crippen LogP contribution in [-0.2, 0) is 23.9 Å². The number of carbonyl (C=O) groups excluding carboxylic acids is 3. The van der Waals surface area contributed by atoms with Crippen LogP contribution in [0.3, 0.4) is 0 Å². The number of fused-ring (bicyclic) bond motifs is 2. The molecule has 0 unspecified atom stereocenters. The normalized spacial score (nSPS) is 28.7. The summed E-state index contributed by atoms with van der Waals surface area (Å²) < 4.78 is 5.17. The number of halogens is 1. The highest BCUT2D eigenvalue weighted by molar-refractivity contribution is 6.41. The van der Waals surface area contributed by atoms with Crippen LogP contribution in [0, 0.1) is 10.8 Å². The molecule has 0 bridgehead atoms. The van der Waals surface area contributed by atoms with Crippen LogP contribution in [-0.4, -0.2) is 152 Å². The van der Waals surface area contributed by atoms with Gasteiger partial charge in [-0.2, -0.15) is 0 Å². The molecule has 4 heterocycles. The maximum Gasteiger partial charge on any atom is 0.451 e. The minimum absolute atomic E-state index is 0. The molecule has 0 radical (unpaired) electrons. The Morgan fingerprint density at radius 3 is 1.54 bits per heavy atom. The zero-order valence-corrected chi connectivity index (χ0v) is 31.5. The van der Waals surface area contributed by atoms with Gasteiger partial charge in [0.1, 0.15) is 22.7 Å². The third kappa shape index (κ3) is 9.68. The summed E-state index contributed by atoms with van der Waals surface area (Å²) >= 11 is 0. The molecule has 4 aliphatic heterocycles. The van der Waals surface area contributed by atoms with Gasteiger partial charge >= 0.3 is 32.3 Å². The molecular weight excluding hydrogens is 705 g/mol. The van der Waals surface area contributed by atoms with E-state index in [1.807, 2.05) is 0 Å². The SMILES string of the molecule is C[C@H](N)C(=O)N1C[C@@]2(CCCB(O)O)CCN[C@@]2(C(=O)O)C1.C[C@H](NC(=O)OC(C)(C)C)C(=O)N1C[C@@]2(CCCB(O)O)CCN[C@@]2(C(=O)O)C1.Cl. The molecule has 18 nitrogen and oxygen atoms in total. The molecule has 4 aliphatic rings. The first-order chi connectivity index (χ1) is 23.6. The Kier molecular flexibility index (Phi) is 15.4. The van der Waals surface area contributed by atoms with Gasteiger partial charge < -0.3 is 55.9 Å². The van der Waals surface area contributed by atoms with Gasteiger partial charge in [0.25, 0.3) is 0 Å². The molecule has 0 saturated carbocycles. The maximum absolute atomic E-state index is 12.9. The third-order valence-electron chi connectivity index (χ3n) is 10.8. The van der Waals surface area contributed by atoms with E-state index in [2.05, 4.69) is 16.0 Å². The number of rotatable bonds is 13. The van der Waals surface area contributed by atoms with Gasteiger partial charge in [-0.15, -0.1) is 12.4 Å². The van der Waals surface area contributed by atoms with E-state index in [0.717, 1.165) is 0 Å². The number of aliphatic carboxylic acids is 2. The van der Waals surface area contributed by atoms with Crippen molar-refractivity contribution in [2.24, 2.45) is 16.6 Å². The van der Waals surface area contributed by atoms with Crippen LogP contribution in [0.1, 0.15) is 73.1 Å². The smallest absolute Gasteiger partial charge is 0.451 e. The van der Waals surface area contributed by atoms with E-state index in [1.54, 1.807) is 27.7 Å². The number of likely N-dealkylation sites (tertiary alicyclic amines) is 2. The largest absolute Gasteiger partial charge is 0.480 e. The molecule has 4 saturated heterocycles. The first kappa shape index (κ1) is 45.4. The minimum atomic E-state index is -1.45. The molecule has 296 valence electrons. The van der Waals surface area contributed by atoms with Crippen molar-refractivity contribution in [3.8, 4) is 0 Å². The Balaban J connectivity index is 0.000000366. The van der Waals surface area contributed by atoms with E-state index in [-0.39, 0.29) is 56.5 Å². The van der Waals surface area contributed by atoms with Gasteiger partial charge in [0.15, 0.2) is 0 Å². The monoisotopic (exact) mass is 762 g/mol. The Morgan fingerprint density at radius 1 is 0.788 bits per heavy atom. The Morgan fingerprint density at radius 2 is 1.19 bits per heavy atom. The average molecular weight is 763 g/mol. The number of hydrogen-bond acceptors (Lipinski definition) is 13. The van der Waals surface area contributed by atoms with Crippen LogP contribution in [0.15, 0.2) is 0 Å². The van der Waals surface area contributed by atoms with Crippen LogP contribution in [0.25, 0.3) is 0 Å². The van der Waals surface area contributed by atoms with Crippen molar-refractivity contribution in [3.63, 3.8) is 0 Å². The van der Waals surface area contributed by atoms with Crippen LogP contribution in [0.4, 0.5) is 4.79 Å². The lowest BCUT2D eigenvalue weighted by molar-refractivity contribution is -0.148. The number of nitrogens with two attached hydrogens (primary N) is 1. The van der Waals surface area contributed by atoms with Gasteiger partial charge in [0.05, 0.1) is 19.1 Å². The van der Waals surface area contributed by atoms with Crippen LogP contribution in [0.2, 0.25) is 12.6 Å². The molecule has 52 heavy (non-hydrogen) atoms. The number of carboxylic acids is 2. The van der Waals surface area contributed by atoms with Gasteiger partial charge in [-0.05, 0) is 86.0 Å². The van der Waals surface area contributed by atoms with E-state index in [1.165, 1.54) is 16.7 Å². The van der Waals surface area contributed by atoms with Gasteiger partial charge in [-0.1, -0.05) is 12.8 Å². The first-order valence-electron chi connectivity index (χ1n) is 17.6. The van der Waals surface area contributed by atoms with E-state index in [0.29, 0.717) is 58.2 Å². The van der Waals surface area contributed by atoms with Gasteiger partial charge in [-0.25, -0.2) is 4.79 Å². The summed E-state index contributed by atoms with van der Waals surface area (Å²) in [5, 5.41) is 64.6. The first-order valence-corrected chi connectivity index (χ1v) is 17.6. The van der Waals surface area contributed by atoms with Crippen molar-refractivity contribution in [2.75, 3.05) is 39.3 Å². The van der Waals surface area contributed by atoms with Crippen molar-refractivity contribution in [3.05, 3.63) is 0 Å². The van der Waals surface area contributed by atoms with Crippen molar-refractivity contribution >= 4 is 56.5 Å². The second-order valence-electron chi connectivity index (χ2n) is 15.6. The summed E-state index contributed by atoms with van der Waals surface area (Å²) in [7, 11) is -2.84. The van der Waals surface area contributed by atoms with Crippen LogP contribution < -0.4 is 21.7 Å². The van der Waals surface area contributed by atoms with E-state index < -0.39 is 71.9 Å². The fraction of sp³-hybridized carbons (Fsp3) is 0.839. The van der Waals surface area contributed by atoms with Crippen LogP contribution in [0.5, 0.6) is 0 Å². The number of amides is 3. The number of carboxylic acid groups (broad SMARTS) is 2. The van der Waals surface area contributed by atoms with Crippen molar-refractivity contribution in [1.82, 2.24) is 25.8 Å². The summed E-state index contributed by atoms with van der Waals surface area (Å²) in [4.78, 5) is 64.2. The number of hydrogen-bond donors (Lipinski definition) is 10. The predicted molar refractivity (Wildman–Crippen MR) is 192 cm³/mol. The van der Waals surface area contributed by atoms with E-state index in [9.17, 15) is 34.2 Å². The lowest BCUT2D eigenvalue weighted by Crippen LogP contribution is -2.58. The third-order valence-corrected chi connectivity index (χ3v) is 10.8. The molecule has 4 rings (SSSR count). The predicted octanol–water partition coefficient (Wildman–Crippen LogP) is -1.55. The number of carbonyl (C=O) groups is 5. The van der Waals surface area contributed by atoms with E-state index >= 15 is 0 Å². The second-order valence-corrected chi connectivity index (χ2v) is 15.6. The van der Waals surface area contributed by atoms with Gasteiger partial charge in [0.2, 0.25) is 11.8 Å². The average Bonchev–Trinajstić information content (AvgIpc) is 3.70. The number of ether oxygens (including phenoxy) is 1. The molecule has 11 N–H and O–H groups in total. The fourth-order valence-electron chi connectivity index (χ4n) is 8.36. The molecule has 3 amide bonds. The summed E-state index contributed by atoms with van der Waals surface area (Å²) in [5.74, 6) is -2.62. The zero-order valence-electron chi connectivity index (χ0n) is 30.7. The lowest BCUT2D eigenvalue weighted by Gasteiger charge is -2.35. The highest BCUT2D eigenvalue weighted by Gasteiger charge is 2.66. The second kappa shape index (κ2) is 17.6. The van der Waals surface area contributed by atoms with Gasteiger partial charge in [0, 0.05) is 23.9 Å². The number of nitrogens with zero attached hydrogens (tertiary/aromatic N) is 2. The number of alkyl carbamates (subject to hydrolysis) is 1. The summed E-state index contributed by atoms with van der Waals surface area (Å²) in [6.45, 7) is 10.0. The van der Waals surface area contributed by atoms with Crippen molar-refractivity contribution in [1.29, 1.82) is 0 Å². The number of nitrogens with one attached hydrogen (secondary N) is 3. The molecule has 0 spiro atoms. The molecule has 0 aromatic rings. The molecule has 0 aromatic heterocycles. The quantitative estimate of drug-likeness (QED) is 0.0951. The topological polar surface area (TPSA) is 285 Å². The fourth-order valence-corrected chi connectivity index (χ4v) is 8.36. The maximum atomic E-state index is 12.9.